The van der Waals surface area contributed by atoms with Gasteiger partial charge in [-0.2, -0.15) is 4.99 Å². The Morgan fingerprint density at radius 1 is 1.25 bits per heavy atom. The van der Waals surface area contributed by atoms with E-state index in [1.807, 2.05) is 19.9 Å². The molecule has 0 aromatic heterocycles. The topological polar surface area (TPSA) is 116 Å². The lowest BCUT2D eigenvalue weighted by Gasteiger charge is -2.18. The molecule has 0 spiro atoms. The minimum absolute atomic E-state index is 0.0900. The summed E-state index contributed by atoms with van der Waals surface area (Å²) in [5.74, 6) is -0.875. The smallest absolute Gasteiger partial charge is 0.280 e. The zero-order valence-electron chi connectivity index (χ0n) is 14.8. The van der Waals surface area contributed by atoms with Crippen LogP contribution >= 0.6 is 0 Å². The van der Waals surface area contributed by atoms with Crippen LogP contribution in [-0.2, 0) is 16.3 Å². The molecule has 0 fully saturated rings. The van der Waals surface area contributed by atoms with E-state index in [4.69, 9.17) is 11.5 Å². The van der Waals surface area contributed by atoms with Crippen molar-refractivity contribution in [3.63, 3.8) is 0 Å². The zero-order chi connectivity index (χ0) is 18.5. The fourth-order valence-electron chi connectivity index (χ4n) is 2.68. The van der Waals surface area contributed by atoms with Crippen LogP contribution in [-0.4, -0.2) is 26.5 Å². The van der Waals surface area contributed by atoms with Crippen LogP contribution in [0.1, 0.15) is 67.4 Å². The molecule has 1 aromatic rings. The SMILES string of the molecule is CCCCC(C)c1cc(CC)c(C(=O)N=C(N)N)cc1S(C)(=O)=O. The summed E-state index contributed by atoms with van der Waals surface area (Å²) >= 11 is 0. The highest BCUT2D eigenvalue weighted by Crippen LogP contribution is 2.31. The van der Waals surface area contributed by atoms with Crippen LogP contribution in [0.4, 0.5) is 0 Å². The molecule has 134 valence electrons. The van der Waals surface area contributed by atoms with Gasteiger partial charge in [0.2, 0.25) is 0 Å². The number of carbonyl (C=O) groups excluding carboxylic acids is 1. The van der Waals surface area contributed by atoms with Gasteiger partial charge < -0.3 is 11.5 Å². The molecule has 1 unspecified atom stereocenters. The Bertz CT molecular complexity index is 736. The van der Waals surface area contributed by atoms with Crippen molar-refractivity contribution in [3.05, 3.63) is 28.8 Å². The molecule has 1 amide bonds. The Morgan fingerprint density at radius 3 is 2.33 bits per heavy atom. The van der Waals surface area contributed by atoms with Crippen molar-refractivity contribution in [3.8, 4) is 0 Å². The second-order valence-corrected chi connectivity index (χ2v) is 8.04. The fraction of sp³-hybridized carbons (Fsp3) is 0.529. The molecular formula is C17H27N3O3S. The number of sulfone groups is 1. The van der Waals surface area contributed by atoms with Crippen molar-refractivity contribution in [2.75, 3.05) is 6.26 Å². The minimum atomic E-state index is -3.48. The van der Waals surface area contributed by atoms with Crippen molar-refractivity contribution in [2.24, 2.45) is 16.5 Å². The Morgan fingerprint density at radius 2 is 1.88 bits per heavy atom. The molecule has 4 N–H and O–H groups in total. The lowest BCUT2D eigenvalue weighted by atomic mass is 9.91. The first kappa shape index (κ1) is 20.2. The van der Waals surface area contributed by atoms with Crippen molar-refractivity contribution in [2.45, 2.75) is 57.3 Å². The van der Waals surface area contributed by atoms with Crippen LogP contribution in [0.2, 0.25) is 0 Å². The lowest BCUT2D eigenvalue weighted by Crippen LogP contribution is -2.24. The molecule has 0 saturated heterocycles. The van der Waals surface area contributed by atoms with Gasteiger partial charge in [-0.05, 0) is 36.0 Å². The number of aryl methyl sites for hydroxylation is 1. The summed E-state index contributed by atoms with van der Waals surface area (Å²) < 4.78 is 24.5. The average Bonchev–Trinajstić information content (AvgIpc) is 2.49. The number of aliphatic imine (C=N–C) groups is 1. The third-order valence-electron chi connectivity index (χ3n) is 4.00. The molecule has 24 heavy (non-hydrogen) atoms. The van der Waals surface area contributed by atoms with Crippen LogP contribution in [0.25, 0.3) is 0 Å². The summed E-state index contributed by atoms with van der Waals surface area (Å²) in [6.07, 6.45) is 4.68. The molecule has 0 aliphatic carbocycles. The number of hydrogen-bond donors (Lipinski definition) is 2. The van der Waals surface area contributed by atoms with Crippen LogP contribution < -0.4 is 11.5 Å². The Labute approximate surface area is 144 Å². The highest BCUT2D eigenvalue weighted by molar-refractivity contribution is 7.90. The van der Waals surface area contributed by atoms with E-state index in [1.54, 1.807) is 0 Å². The first-order valence-corrected chi connectivity index (χ1v) is 10.0. The number of carbonyl (C=O) groups is 1. The summed E-state index contributed by atoms with van der Waals surface area (Å²) in [4.78, 5) is 15.9. The molecule has 1 rings (SSSR count). The predicted octanol–water partition coefficient (Wildman–Crippen LogP) is 2.36. The van der Waals surface area contributed by atoms with Crippen molar-refractivity contribution >= 4 is 21.7 Å². The van der Waals surface area contributed by atoms with E-state index in [9.17, 15) is 13.2 Å². The molecule has 7 heteroatoms. The van der Waals surface area contributed by atoms with Crippen molar-refractivity contribution in [1.29, 1.82) is 0 Å². The van der Waals surface area contributed by atoms with E-state index in [-0.39, 0.29) is 22.3 Å². The first-order chi connectivity index (χ1) is 11.1. The lowest BCUT2D eigenvalue weighted by molar-refractivity contribution is 0.100. The van der Waals surface area contributed by atoms with Crippen LogP contribution in [0, 0.1) is 0 Å². The maximum absolute atomic E-state index is 12.2. The van der Waals surface area contributed by atoms with Gasteiger partial charge in [0, 0.05) is 11.8 Å². The standard InChI is InChI=1S/C17H27N3O3S/c1-5-7-8-11(3)13-9-12(6-2)14(16(21)20-17(18)19)10-15(13)24(4,22)23/h9-11H,5-8H2,1-4H3,(H4,18,19,20,21). The second kappa shape index (κ2) is 8.28. The van der Waals surface area contributed by atoms with E-state index in [0.29, 0.717) is 6.42 Å². The molecule has 6 nitrogen and oxygen atoms in total. The molecule has 0 aliphatic rings. The quantitative estimate of drug-likeness (QED) is 0.576. The molecule has 0 aliphatic heterocycles. The van der Waals surface area contributed by atoms with E-state index in [1.165, 1.54) is 6.07 Å². The number of rotatable bonds is 7. The van der Waals surface area contributed by atoms with Crippen molar-refractivity contribution in [1.82, 2.24) is 0 Å². The second-order valence-electron chi connectivity index (χ2n) is 6.06. The van der Waals surface area contributed by atoms with Gasteiger partial charge in [-0.25, -0.2) is 8.42 Å². The van der Waals surface area contributed by atoms with Crippen LogP contribution in [0.5, 0.6) is 0 Å². The van der Waals surface area contributed by atoms with E-state index in [0.717, 1.165) is 36.6 Å². The normalized spacial score (nSPS) is 12.7. The molecule has 0 heterocycles. The number of benzene rings is 1. The zero-order valence-corrected chi connectivity index (χ0v) is 15.6. The van der Waals surface area contributed by atoms with Gasteiger partial charge in [0.15, 0.2) is 15.8 Å². The van der Waals surface area contributed by atoms with Crippen molar-refractivity contribution < 1.29 is 13.2 Å². The third kappa shape index (κ3) is 5.06. The van der Waals surface area contributed by atoms with Gasteiger partial charge in [-0.3, -0.25) is 4.79 Å². The maximum atomic E-state index is 12.2. The van der Waals surface area contributed by atoms with E-state index < -0.39 is 15.7 Å². The number of nitrogens with zero attached hydrogens (tertiary/aromatic N) is 1. The molecule has 1 aromatic carbocycles. The number of nitrogens with two attached hydrogens (primary N) is 2. The predicted molar refractivity (Wildman–Crippen MR) is 97.0 cm³/mol. The van der Waals surface area contributed by atoms with Gasteiger partial charge in [0.1, 0.15) is 0 Å². The van der Waals surface area contributed by atoms with Gasteiger partial charge in [-0.1, -0.05) is 39.7 Å². The van der Waals surface area contributed by atoms with E-state index in [2.05, 4.69) is 11.9 Å². The summed E-state index contributed by atoms with van der Waals surface area (Å²) in [5.41, 5.74) is 12.3. The highest BCUT2D eigenvalue weighted by Gasteiger charge is 2.22. The number of amides is 1. The fourth-order valence-corrected chi connectivity index (χ4v) is 3.71. The van der Waals surface area contributed by atoms with Gasteiger partial charge >= 0.3 is 0 Å². The molecule has 0 saturated carbocycles. The largest absolute Gasteiger partial charge is 0.370 e. The summed E-state index contributed by atoms with van der Waals surface area (Å²) in [6.45, 7) is 6.01. The Kier molecular flexibility index (Phi) is 6.95. The van der Waals surface area contributed by atoms with Crippen LogP contribution in [0.3, 0.4) is 0 Å². The van der Waals surface area contributed by atoms with E-state index >= 15 is 0 Å². The summed E-state index contributed by atoms with van der Waals surface area (Å²) in [7, 11) is -3.48. The number of unbranched alkanes of at least 4 members (excludes halogenated alkanes) is 1. The number of guanidine groups is 1. The summed E-state index contributed by atoms with van der Waals surface area (Å²) in [6, 6.07) is 3.23. The minimum Gasteiger partial charge on any atom is -0.370 e. The maximum Gasteiger partial charge on any atom is 0.280 e. The number of hydrogen-bond acceptors (Lipinski definition) is 3. The average molecular weight is 353 g/mol. The third-order valence-corrected chi connectivity index (χ3v) is 5.15. The van der Waals surface area contributed by atoms with Crippen LogP contribution in [0.15, 0.2) is 22.0 Å². The summed E-state index contributed by atoms with van der Waals surface area (Å²) in [5, 5.41) is 0. The first-order valence-electron chi connectivity index (χ1n) is 8.12. The molecule has 0 radical (unpaired) electrons. The monoisotopic (exact) mass is 353 g/mol. The molecule has 1 atom stereocenters. The van der Waals surface area contributed by atoms with Gasteiger partial charge in [0.25, 0.3) is 5.91 Å². The van der Waals surface area contributed by atoms with Gasteiger partial charge in [-0.15, -0.1) is 0 Å². The molecular weight excluding hydrogens is 326 g/mol. The highest BCUT2D eigenvalue weighted by atomic mass is 32.2. The Hall–Kier alpha value is -1.89. The van der Waals surface area contributed by atoms with Gasteiger partial charge in [0.05, 0.1) is 4.90 Å². The Balaban J connectivity index is 3.57. The molecule has 0 bridgehead atoms.